The van der Waals surface area contributed by atoms with E-state index >= 15 is 0 Å². The van der Waals surface area contributed by atoms with E-state index in [1.54, 1.807) is 18.2 Å². The van der Waals surface area contributed by atoms with Crippen LogP contribution in [0.4, 0.5) is 9.18 Å². The number of halogens is 2. The van der Waals surface area contributed by atoms with Gasteiger partial charge in [0.1, 0.15) is 23.9 Å². The van der Waals surface area contributed by atoms with Gasteiger partial charge in [-0.2, -0.15) is 0 Å². The van der Waals surface area contributed by atoms with Crippen molar-refractivity contribution in [3.8, 4) is 5.75 Å². The van der Waals surface area contributed by atoms with E-state index in [4.69, 9.17) is 4.74 Å². The Kier molecular flexibility index (Phi) is 6.33. The van der Waals surface area contributed by atoms with E-state index < -0.39 is 11.9 Å². The summed E-state index contributed by atoms with van der Waals surface area (Å²) in [5.74, 6) is -0.145. The van der Waals surface area contributed by atoms with Gasteiger partial charge in [0.05, 0.1) is 11.0 Å². The first-order chi connectivity index (χ1) is 17.0. The summed E-state index contributed by atoms with van der Waals surface area (Å²) in [6, 6.07) is 25.0. The lowest BCUT2D eigenvalue weighted by Gasteiger charge is -2.11. The zero-order chi connectivity index (χ0) is 24.4. The van der Waals surface area contributed by atoms with Crippen LogP contribution in [-0.4, -0.2) is 16.8 Å². The van der Waals surface area contributed by atoms with Gasteiger partial charge in [-0.05, 0) is 79.8 Å². The van der Waals surface area contributed by atoms with E-state index in [0.717, 1.165) is 25.9 Å². The lowest BCUT2D eigenvalue weighted by atomic mass is 10.1. The lowest BCUT2D eigenvalue weighted by molar-refractivity contribution is -0.123. The fourth-order valence-corrected chi connectivity index (χ4v) is 4.38. The number of benzene rings is 4. The van der Waals surface area contributed by atoms with Crippen LogP contribution < -0.4 is 10.1 Å². The van der Waals surface area contributed by atoms with Gasteiger partial charge < -0.3 is 10.1 Å². The Hall–Kier alpha value is -3.97. The summed E-state index contributed by atoms with van der Waals surface area (Å²) in [5.41, 5.74) is 2.62. The molecule has 0 spiro atoms. The van der Waals surface area contributed by atoms with Gasteiger partial charge in [0.15, 0.2) is 0 Å². The Morgan fingerprint density at radius 1 is 0.886 bits per heavy atom. The maximum Gasteiger partial charge on any atom is 0.329 e. The second kappa shape index (κ2) is 9.72. The molecule has 1 aliphatic rings. The van der Waals surface area contributed by atoms with Crippen LogP contribution in [0.15, 0.2) is 95.1 Å². The number of carbonyl (C=O) groups is 2. The molecule has 1 aliphatic heterocycles. The van der Waals surface area contributed by atoms with Gasteiger partial charge in [-0.3, -0.25) is 9.69 Å². The predicted octanol–water partition coefficient (Wildman–Crippen LogP) is 6.41. The summed E-state index contributed by atoms with van der Waals surface area (Å²) in [6.45, 7) is 0.476. The standard InChI is InChI=1S/C28H20BrFN2O3/c29-24-14-19(8-12-26(24)35-17-20-5-9-21-3-1-2-4-22(21)13-20)15-25-27(33)32(28(34)31-25)16-18-6-10-23(30)11-7-18/h1-15H,16-17H2,(H,31,34)/b25-15+. The van der Waals surface area contributed by atoms with Gasteiger partial charge in [0.25, 0.3) is 5.91 Å². The van der Waals surface area contributed by atoms with Crippen molar-refractivity contribution in [2.75, 3.05) is 0 Å². The maximum atomic E-state index is 13.1. The first-order valence-electron chi connectivity index (χ1n) is 11.0. The van der Waals surface area contributed by atoms with E-state index in [0.29, 0.717) is 17.9 Å². The SMILES string of the molecule is O=C1N/C(=C/c2ccc(OCc3ccc4ccccc4c3)c(Br)c2)C(=O)N1Cc1ccc(F)cc1. The van der Waals surface area contributed by atoms with Gasteiger partial charge in [-0.25, -0.2) is 9.18 Å². The Labute approximate surface area is 210 Å². The zero-order valence-corrected chi connectivity index (χ0v) is 20.1. The molecule has 3 amide bonds. The Balaban J connectivity index is 1.27. The summed E-state index contributed by atoms with van der Waals surface area (Å²) < 4.78 is 19.8. The van der Waals surface area contributed by atoms with Crippen molar-refractivity contribution in [3.05, 3.63) is 118 Å². The number of urea groups is 1. The van der Waals surface area contributed by atoms with E-state index in [1.165, 1.54) is 17.5 Å². The summed E-state index contributed by atoms with van der Waals surface area (Å²) >= 11 is 3.53. The molecule has 0 bridgehead atoms. The molecule has 0 radical (unpaired) electrons. The summed E-state index contributed by atoms with van der Waals surface area (Å²) in [6.07, 6.45) is 1.61. The quantitative estimate of drug-likeness (QED) is 0.231. The van der Waals surface area contributed by atoms with Crippen LogP contribution >= 0.6 is 15.9 Å². The molecule has 0 atom stereocenters. The van der Waals surface area contributed by atoms with Gasteiger partial charge in [-0.1, -0.05) is 54.6 Å². The minimum Gasteiger partial charge on any atom is -0.488 e. The Morgan fingerprint density at radius 2 is 1.63 bits per heavy atom. The summed E-state index contributed by atoms with van der Waals surface area (Å²) in [5, 5.41) is 4.95. The van der Waals surface area contributed by atoms with Crippen molar-refractivity contribution in [2.24, 2.45) is 0 Å². The summed E-state index contributed by atoms with van der Waals surface area (Å²) in [7, 11) is 0. The molecular formula is C28H20BrFN2O3. The number of rotatable bonds is 6. The van der Waals surface area contributed by atoms with Crippen molar-refractivity contribution >= 4 is 44.7 Å². The molecule has 0 aromatic heterocycles. The summed E-state index contributed by atoms with van der Waals surface area (Å²) in [4.78, 5) is 26.2. The number of fused-ring (bicyclic) bond motifs is 1. The lowest BCUT2D eigenvalue weighted by Crippen LogP contribution is -2.30. The van der Waals surface area contributed by atoms with Crippen LogP contribution in [0.1, 0.15) is 16.7 Å². The molecule has 174 valence electrons. The third-order valence-corrected chi connectivity index (χ3v) is 6.31. The van der Waals surface area contributed by atoms with Crippen LogP contribution in [0.2, 0.25) is 0 Å². The van der Waals surface area contributed by atoms with Crippen molar-refractivity contribution in [2.45, 2.75) is 13.2 Å². The van der Waals surface area contributed by atoms with E-state index in [9.17, 15) is 14.0 Å². The highest BCUT2D eigenvalue weighted by Crippen LogP contribution is 2.29. The number of carbonyl (C=O) groups excluding carboxylic acids is 2. The second-order valence-corrected chi connectivity index (χ2v) is 9.02. The van der Waals surface area contributed by atoms with Crippen molar-refractivity contribution in [1.82, 2.24) is 10.2 Å². The highest BCUT2D eigenvalue weighted by atomic mass is 79.9. The smallest absolute Gasteiger partial charge is 0.329 e. The fourth-order valence-electron chi connectivity index (χ4n) is 3.87. The normalized spacial score (nSPS) is 14.6. The molecule has 4 aromatic carbocycles. The average molecular weight is 531 g/mol. The molecule has 1 heterocycles. The number of nitrogens with zero attached hydrogens (tertiary/aromatic N) is 1. The van der Waals surface area contributed by atoms with Crippen LogP contribution in [0.25, 0.3) is 16.8 Å². The minimum atomic E-state index is -0.514. The molecule has 5 rings (SSSR count). The van der Waals surface area contributed by atoms with E-state index in [1.807, 2.05) is 36.4 Å². The number of ether oxygens (including phenoxy) is 1. The molecule has 0 unspecified atom stereocenters. The van der Waals surface area contributed by atoms with Crippen LogP contribution in [0.5, 0.6) is 5.75 Å². The number of hydrogen-bond donors (Lipinski definition) is 1. The first-order valence-corrected chi connectivity index (χ1v) is 11.7. The van der Waals surface area contributed by atoms with Gasteiger partial charge in [0.2, 0.25) is 0 Å². The topological polar surface area (TPSA) is 58.6 Å². The molecule has 35 heavy (non-hydrogen) atoms. The van der Waals surface area contributed by atoms with Crippen molar-refractivity contribution in [3.63, 3.8) is 0 Å². The van der Waals surface area contributed by atoms with Gasteiger partial charge in [-0.15, -0.1) is 0 Å². The number of imide groups is 1. The monoisotopic (exact) mass is 530 g/mol. The third kappa shape index (κ3) is 5.10. The number of nitrogens with one attached hydrogen (secondary N) is 1. The van der Waals surface area contributed by atoms with Crippen molar-refractivity contribution in [1.29, 1.82) is 0 Å². The van der Waals surface area contributed by atoms with E-state index in [-0.39, 0.29) is 18.1 Å². The van der Waals surface area contributed by atoms with Crippen molar-refractivity contribution < 1.29 is 18.7 Å². The number of hydrogen-bond acceptors (Lipinski definition) is 3. The zero-order valence-electron chi connectivity index (χ0n) is 18.5. The van der Waals surface area contributed by atoms with Gasteiger partial charge in [0, 0.05) is 0 Å². The second-order valence-electron chi connectivity index (χ2n) is 8.17. The Morgan fingerprint density at radius 3 is 2.40 bits per heavy atom. The van der Waals surface area contributed by atoms with Crippen LogP contribution in [0, 0.1) is 5.82 Å². The average Bonchev–Trinajstić information content (AvgIpc) is 3.12. The number of amides is 3. The first kappa shape index (κ1) is 22.8. The molecule has 4 aromatic rings. The Bertz CT molecular complexity index is 1470. The minimum absolute atomic E-state index is 0.0630. The highest BCUT2D eigenvalue weighted by Gasteiger charge is 2.33. The molecule has 1 fully saturated rings. The molecule has 0 aliphatic carbocycles. The maximum absolute atomic E-state index is 13.1. The highest BCUT2D eigenvalue weighted by molar-refractivity contribution is 9.10. The third-order valence-electron chi connectivity index (χ3n) is 5.69. The molecule has 1 N–H and O–H groups in total. The van der Waals surface area contributed by atoms with Gasteiger partial charge >= 0.3 is 6.03 Å². The molecule has 7 heteroatoms. The predicted molar refractivity (Wildman–Crippen MR) is 136 cm³/mol. The molecule has 0 saturated carbocycles. The fraction of sp³-hybridized carbons (Fsp3) is 0.0714. The van der Waals surface area contributed by atoms with E-state index in [2.05, 4.69) is 45.5 Å². The molecule has 5 nitrogen and oxygen atoms in total. The van der Waals surface area contributed by atoms with Crippen LogP contribution in [-0.2, 0) is 17.9 Å². The molecule has 1 saturated heterocycles. The molecular weight excluding hydrogens is 511 g/mol. The largest absolute Gasteiger partial charge is 0.488 e. The van der Waals surface area contributed by atoms with Crippen LogP contribution in [0.3, 0.4) is 0 Å².